The van der Waals surface area contributed by atoms with Crippen molar-refractivity contribution in [2.75, 3.05) is 0 Å². The molecule has 0 radical (unpaired) electrons. The molecule has 0 aliphatic rings. The minimum atomic E-state index is -1.50. The van der Waals surface area contributed by atoms with E-state index < -0.39 is 79.1 Å². The van der Waals surface area contributed by atoms with Gasteiger partial charge in [0.25, 0.3) is 0 Å². The monoisotopic (exact) mass is 572 g/mol. The lowest BCUT2D eigenvalue weighted by Gasteiger charge is -2.25. The molecule has 4 unspecified atom stereocenters. The number of carboxylic acids is 3. The highest BCUT2D eigenvalue weighted by Gasteiger charge is 2.31. The molecule has 0 aliphatic carbocycles. The molecule has 14 heteroatoms. The summed E-state index contributed by atoms with van der Waals surface area (Å²) in [6.45, 7) is 0. The Morgan fingerprint density at radius 1 is 0.659 bits per heavy atom. The summed E-state index contributed by atoms with van der Waals surface area (Å²) in [6, 6.07) is 8.29. The van der Waals surface area contributed by atoms with Gasteiger partial charge in [-0.1, -0.05) is 42.5 Å². The molecule has 0 saturated carbocycles. The van der Waals surface area contributed by atoms with Gasteiger partial charge in [-0.15, -0.1) is 0 Å². The number of carboxylic acid groups (broad SMARTS) is 3. The van der Waals surface area contributed by atoms with Crippen LogP contribution in [0.5, 0.6) is 5.75 Å². The van der Waals surface area contributed by atoms with E-state index in [-0.39, 0.29) is 18.6 Å². The van der Waals surface area contributed by atoms with Gasteiger partial charge in [-0.05, 0) is 29.7 Å². The topological polar surface area (TPSA) is 245 Å². The lowest BCUT2D eigenvalue weighted by atomic mass is 10.0. The predicted octanol–water partition coefficient (Wildman–Crippen LogP) is -0.617. The lowest BCUT2D eigenvalue weighted by molar-refractivity contribution is -0.143. The summed E-state index contributed by atoms with van der Waals surface area (Å²) in [6.07, 6.45) is -1.90. The minimum Gasteiger partial charge on any atom is -0.508 e. The molecule has 0 spiro atoms. The van der Waals surface area contributed by atoms with Gasteiger partial charge in [0.15, 0.2) is 0 Å². The standard InChI is InChI=1S/C27H32N4O10/c28-18(14-23(35)36)24(37)30-20(12-15-4-2-1-3-5-15)26(39)29-19(10-11-22(33)34)25(38)31-21(27(40)41)13-16-6-8-17(32)9-7-16/h1-9,18-21,32H,10-14,28H2,(H,29,39)(H,30,37)(H,31,38)(H,33,34)(H,35,36)(H,40,41). The zero-order valence-electron chi connectivity index (χ0n) is 21.9. The van der Waals surface area contributed by atoms with E-state index in [0.29, 0.717) is 11.1 Å². The summed E-state index contributed by atoms with van der Waals surface area (Å²) < 4.78 is 0. The van der Waals surface area contributed by atoms with E-state index in [0.717, 1.165) is 0 Å². The van der Waals surface area contributed by atoms with Crippen LogP contribution in [0.2, 0.25) is 0 Å². The van der Waals surface area contributed by atoms with Gasteiger partial charge < -0.3 is 42.1 Å². The van der Waals surface area contributed by atoms with E-state index in [2.05, 4.69) is 16.0 Å². The van der Waals surface area contributed by atoms with Gasteiger partial charge in [0, 0.05) is 19.3 Å². The molecule has 0 aliphatic heterocycles. The molecule has 41 heavy (non-hydrogen) atoms. The van der Waals surface area contributed by atoms with Crippen molar-refractivity contribution in [2.24, 2.45) is 5.73 Å². The first-order chi connectivity index (χ1) is 19.3. The summed E-state index contributed by atoms with van der Waals surface area (Å²) >= 11 is 0. The molecule has 9 N–H and O–H groups in total. The van der Waals surface area contributed by atoms with Crippen LogP contribution in [0.25, 0.3) is 0 Å². The predicted molar refractivity (Wildman–Crippen MR) is 142 cm³/mol. The van der Waals surface area contributed by atoms with Crippen molar-refractivity contribution >= 4 is 35.6 Å². The number of carbonyl (C=O) groups excluding carboxylic acids is 3. The maximum atomic E-state index is 13.3. The molecule has 4 atom stereocenters. The van der Waals surface area contributed by atoms with Crippen LogP contribution in [0.15, 0.2) is 54.6 Å². The second-order valence-corrected chi connectivity index (χ2v) is 9.22. The molecule has 0 aromatic heterocycles. The number of carbonyl (C=O) groups is 6. The van der Waals surface area contributed by atoms with Gasteiger partial charge in [-0.2, -0.15) is 0 Å². The minimum absolute atomic E-state index is 0.0397. The van der Waals surface area contributed by atoms with Gasteiger partial charge >= 0.3 is 17.9 Å². The highest BCUT2D eigenvalue weighted by molar-refractivity contribution is 5.95. The van der Waals surface area contributed by atoms with Crippen LogP contribution in [0.4, 0.5) is 0 Å². The second kappa shape index (κ2) is 15.6. The molecule has 14 nitrogen and oxygen atoms in total. The van der Waals surface area contributed by atoms with E-state index >= 15 is 0 Å². The van der Waals surface area contributed by atoms with Crippen LogP contribution >= 0.6 is 0 Å². The fraction of sp³-hybridized carbons (Fsp3) is 0.333. The molecule has 0 heterocycles. The number of phenols is 1. The van der Waals surface area contributed by atoms with Crippen LogP contribution in [-0.2, 0) is 41.6 Å². The fourth-order valence-electron chi connectivity index (χ4n) is 3.77. The largest absolute Gasteiger partial charge is 0.508 e. The Morgan fingerprint density at radius 3 is 1.73 bits per heavy atom. The number of aromatic hydroxyl groups is 1. The third kappa shape index (κ3) is 11.3. The first-order valence-electron chi connectivity index (χ1n) is 12.5. The average molecular weight is 573 g/mol. The third-order valence-electron chi connectivity index (χ3n) is 5.92. The second-order valence-electron chi connectivity index (χ2n) is 9.22. The fourth-order valence-corrected chi connectivity index (χ4v) is 3.77. The SMILES string of the molecule is NC(CC(=O)O)C(=O)NC(Cc1ccccc1)C(=O)NC(CCC(=O)O)C(=O)NC(Cc1ccc(O)cc1)C(=O)O. The Morgan fingerprint density at radius 2 is 1.17 bits per heavy atom. The normalized spacial score (nSPS) is 13.6. The summed E-state index contributed by atoms with van der Waals surface area (Å²) in [5, 5.41) is 44.2. The van der Waals surface area contributed by atoms with Crippen molar-refractivity contribution in [1.29, 1.82) is 0 Å². The Balaban J connectivity index is 2.24. The first-order valence-corrected chi connectivity index (χ1v) is 12.5. The Labute approximate surface area is 234 Å². The van der Waals surface area contributed by atoms with Crippen molar-refractivity contribution in [3.05, 3.63) is 65.7 Å². The Kier molecular flexibility index (Phi) is 12.2. The maximum absolute atomic E-state index is 13.3. The van der Waals surface area contributed by atoms with Crippen molar-refractivity contribution in [2.45, 2.75) is 56.3 Å². The van der Waals surface area contributed by atoms with Crippen molar-refractivity contribution in [1.82, 2.24) is 16.0 Å². The van der Waals surface area contributed by atoms with Crippen LogP contribution in [0, 0.1) is 0 Å². The highest BCUT2D eigenvalue weighted by Crippen LogP contribution is 2.12. The van der Waals surface area contributed by atoms with E-state index in [4.69, 9.17) is 15.9 Å². The third-order valence-corrected chi connectivity index (χ3v) is 5.92. The molecular formula is C27H32N4O10. The summed E-state index contributed by atoms with van der Waals surface area (Å²) in [5.41, 5.74) is 6.70. The summed E-state index contributed by atoms with van der Waals surface area (Å²) in [4.78, 5) is 72.9. The number of hydrogen-bond donors (Lipinski definition) is 8. The molecule has 0 bridgehead atoms. The number of hydrogen-bond acceptors (Lipinski definition) is 8. The van der Waals surface area contributed by atoms with Crippen LogP contribution in [0.3, 0.4) is 0 Å². The van der Waals surface area contributed by atoms with Gasteiger partial charge in [0.05, 0.1) is 12.5 Å². The zero-order valence-corrected chi connectivity index (χ0v) is 21.9. The van der Waals surface area contributed by atoms with Crippen molar-refractivity contribution in [3.8, 4) is 5.75 Å². The molecule has 2 aromatic rings. The molecule has 2 aromatic carbocycles. The van der Waals surface area contributed by atoms with Gasteiger partial charge in [0.1, 0.15) is 23.9 Å². The highest BCUT2D eigenvalue weighted by atomic mass is 16.4. The van der Waals surface area contributed by atoms with Crippen molar-refractivity contribution in [3.63, 3.8) is 0 Å². The molecule has 2 rings (SSSR count). The van der Waals surface area contributed by atoms with Crippen LogP contribution < -0.4 is 21.7 Å². The number of phenolic OH excluding ortho intramolecular Hbond substituents is 1. The van der Waals surface area contributed by atoms with E-state index in [1.807, 2.05) is 0 Å². The number of rotatable bonds is 16. The molecule has 220 valence electrons. The van der Waals surface area contributed by atoms with Crippen LogP contribution in [0.1, 0.15) is 30.4 Å². The first kappa shape index (κ1) is 32.2. The van der Waals surface area contributed by atoms with Gasteiger partial charge in [0.2, 0.25) is 17.7 Å². The maximum Gasteiger partial charge on any atom is 0.326 e. The molecule has 0 saturated heterocycles. The van der Waals surface area contributed by atoms with E-state index in [9.17, 15) is 39.0 Å². The number of nitrogens with one attached hydrogen (secondary N) is 3. The van der Waals surface area contributed by atoms with E-state index in [1.165, 1.54) is 24.3 Å². The number of aliphatic carboxylic acids is 3. The number of amides is 3. The lowest BCUT2D eigenvalue weighted by Crippen LogP contribution is -2.58. The quantitative estimate of drug-likeness (QED) is 0.126. The van der Waals surface area contributed by atoms with Gasteiger partial charge in [-0.25, -0.2) is 4.79 Å². The zero-order chi connectivity index (χ0) is 30.5. The molecular weight excluding hydrogens is 540 g/mol. The summed E-state index contributed by atoms with van der Waals surface area (Å²) in [7, 11) is 0. The van der Waals surface area contributed by atoms with Gasteiger partial charge in [-0.3, -0.25) is 24.0 Å². The van der Waals surface area contributed by atoms with Crippen molar-refractivity contribution < 1.29 is 49.2 Å². The molecule has 3 amide bonds. The Bertz CT molecular complexity index is 1240. The Hall–Kier alpha value is -4.98. The van der Waals surface area contributed by atoms with E-state index in [1.54, 1.807) is 30.3 Å². The summed E-state index contributed by atoms with van der Waals surface area (Å²) in [5.74, 6) is -6.85. The number of benzene rings is 2. The smallest absolute Gasteiger partial charge is 0.326 e. The number of nitrogens with two attached hydrogens (primary N) is 1. The van der Waals surface area contributed by atoms with Crippen LogP contribution in [-0.4, -0.2) is 80.2 Å². The molecule has 0 fully saturated rings. The average Bonchev–Trinajstić information content (AvgIpc) is 2.91.